The number of halogens is 3. The first-order valence-electron chi connectivity index (χ1n) is 3.94. The minimum Gasteiger partial charge on any atom is -0.330 e. The van der Waals surface area contributed by atoms with Crippen molar-refractivity contribution in [3.63, 3.8) is 0 Å². The van der Waals surface area contributed by atoms with Crippen LogP contribution in [0.2, 0.25) is 0 Å². The summed E-state index contributed by atoms with van der Waals surface area (Å²) < 4.78 is 26.9. The third-order valence-electron chi connectivity index (χ3n) is 1.72. The van der Waals surface area contributed by atoms with Gasteiger partial charge in [-0.05, 0) is 25.1 Å². The number of hydrogen-bond acceptors (Lipinski definition) is 1. The van der Waals surface area contributed by atoms with E-state index in [4.69, 9.17) is 5.73 Å². The fourth-order valence-electron chi connectivity index (χ4n) is 1.06. The number of benzene rings is 1. The molecule has 13 heavy (non-hydrogen) atoms. The van der Waals surface area contributed by atoms with Gasteiger partial charge >= 0.3 is 0 Å². The molecule has 1 unspecified atom stereocenters. The van der Waals surface area contributed by atoms with Crippen LogP contribution in [0.3, 0.4) is 0 Å². The Morgan fingerprint density at radius 1 is 1.46 bits per heavy atom. The monoisotopic (exact) mass is 249 g/mol. The van der Waals surface area contributed by atoms with E-state index >= 15 is 0 Å². The van der Waals surface area contributed by atoms with E-state index in [9.17, 15) is 8.78 Å². The first kappa shape index (κ1) is 10.6. The molecule has 0 heterocycles. The Kier molecular flexibility index (Phi) is 3.81. The zero-order valence-electron chi connectivity index (χ0n) is 6.93. The van der Waals surface area contributed by atoms with Gasteiger partial charge in [0.2, 0.25) is 0 Å². The van der Waals surface area contributed by atoms with Crippen LogP contribution in [0.5, 0.6) is 0 Å². The molecule has 0 fully saturated rings. The van der Waals surface area contributed by atoms with Crippen LogP contribution in [0.25, 0.3) is 0 Å². The predicted molar refractivity (Wildman–Crippen MR) is 51.6 cm³/mol. The van der Waals surface area contributed by atoms with Crippen molar-refractivity contribution in [2.24, 2.45) is 5.73 Å². The molecule has 0 aliphatic rings. The summed E-state index contributed by atoms with van der Waals surface area (Å²) in [5.41, 5.74) is 5.25. The van der Waals surface area contributed by atoms with Crippen LogP contribution in [0.15, 0.2) is 22.7 Å². The fraction of sp³-hybridized carbons (Fsp3) is 0.333. The number of nitrogens with two attached hydrogens (primary N) is 1. The van der Waals surface area contributed by atoms with Crippen LogP contribution in [-0.2, 0) is 0 Å². The summed E-state index contributed by atoms with van der Waals surface area (Å²) in [7, 11) is 0. The lowest BCUT2D eigenvalue weighted by molar-refractivity contribution is 0.317. The molecule has 0 aliphatic carbocycles. The van der Waals surface area contributed by atoms with E-state index in [1.807, 2.05) is 0 Å². The second-order valence-electron chi connectivity index (χ2n) is 2.71. The molecule has 0 aromatic heterocycles. The average Bonchev–Trinajstić information content (AvgIpc) is 2.04. The maximum atomic E-state index is 13.2. The van der Waals surface area contributed by atoms with Gasteiger partial charge in [0.05, 0.1) is 0 Å². The molecule has 1 atom stereocenters. The van der Waals surface area contributed by atoms with Crippen LogP contribution in [-0.4, -0.2) is 6.54 Å². The van der Waals surface area contributed by atoms with Gasteiger partial charge in [0.15, 0.2) is 0 Å². The van der Waals surface area contributed by atoms with Crippen LogP contribution in [0, 0.1) is 5.82 Å². The van der Waals surface area contributed by atoms with E-state index in [2.05, 4.69) is 15.9 Å². The van der Waals surface area contributed by atoms with Crippen molar-refractivity contribution in [1.29, 1.82) is 0 Å². The van der Waals surface area contributed by atoms with Gasteiger partial charge in [-0.1, -0.05) is 22.0 Å². The standard InChI is InChI=1S/C9H10BrF2N/c10-6-1-2-7(9(12)5-6)8(11)3-4-13/h1-2,5,8H,3-4,13H2. The van der Waals surface area contributed by atoms with Crippen molar-refractivity contribution >= 4 is 15.9 Å². The fourth-order valence-corrected chi connectivity index (χ4v) is 1.39. The van der Waals surface area contributed by atoms with Crippen LogP contribution < -0.4 is 5.73 Å². The first-order chi connectivity index (χ1) is 6.15. The van der Waals surface area contributed by atoms with Crippen molar-refractivity contribution in [3.05, 3.63) is 34.1 Å². The van der Waals surface area contributed by atoms with Crippen molar-refractivity contribution in [2.45, 2.75) is 12.6 Å². The number of rotatable bonds is 3. The average molecular weight is 250 g/mol. The third kappa shape index (κ3) is 2.74. The van der Waals surface area contributed by atoms with Gasteiger partial charge in [0.25, 0.3) is 0 Å². The minimum atomic E-state index is -1.31. The lowest BCUT2D eigenvalue weighted by Crippen LogP contribution is -2.05. The highest BCUT2D eigenvalue weighted by molar-refractivity contribution is 9.10. The molecule has 1 aromatic carbocycles. The Balaban J connectivity index is 2.88. The molecule has 4 heteroatoms. The SMILES string of the molecule is NCCC(F)c1ccc(Br)cc1F. The first-order valence-corrected chi connectivity index (χ1v) is 4.73. The Morgan fingerprint density at radius 3 is 2.69 bits per heavy atom. The quantitative estimate of drug-likeness (QED) is 0.876. The molecule has 0 spiro atoms. The third-order valence-corrected chi connectivity index (χ3v) is 2.21. The normalized spacial score (nSPS) is 12.9. The maximum Gasteiger partial charge on any atom is 0.130 e. The lowest BCUT2D eigenvalue weighted by atomic mass is 10.1. The summed E-state index contributed by atoms with van der Waals surface area (Å²) in [5.74, 6) is -0.532. The Morgan fingerprint density at radius 2 is 2.15 bits per heavy atom. The summed E-state index contributed by atoms with van der Waals surface area (Å²) >= 11 is 3.10. The van der Waals surface area contributed by atoms with E-state index in [1.165, 1.54) is 12.1 Å². The number of hydrogen-bond donors (Lipinski definition) is 1. The largest absolute Gasteiger partial charge is 0.330 e. The molecule has 1 nitrogen and oxygen atoms in total. The highest BCUT2D eigenvalue weighted by Gasteiger charge is 2.13. The summed E-state index contributed by atoms with van der Waals surface area (Å²) in [6, 6.07) is 4.29. The van der Waals surface area contributed by atoms with E-state index in [0.717, 1.165) is 0 Å². The summed E-state index contributed by atoms with van der Waals surface area (Å²) in [4.78, 5) is 0. The second-order valence-corrected chi connectivity index (χ2v) is 3.63. The molecule has 0 radical (unpaired) electrons. The molecular weight excluding hydrogens is 240 g/mol. The van der Waals surface area contributed by atoms with Gasteiger partial charge in [-0.2, -0.15) is 0 Å². The molecule has 0 saturated heterocycles. The van der Waals surface area contributed by atoms with Crippen LogP contribution in [0.1, 0.15) is 18.2 Å². The van der Waals surface area contributed by atoms with Crippen molar-refractivity contribution in [2.75, 3.05) is 6.54 Å². The highest BCUT2D eigenvalue weighted by atomic mass is 79.9. The topological polar surface area (TPSA) is 26.0 Å². The van der Waals surface area contributed by atoms with Crippen molar-refractivity contribution in [1.82, 2.24) is 0 Å². The smallest absolute Gasteiger partial charge is 0.130 e. The lowest BCUT2D eigenvalue weighted by Gasteiger charge is -2.07. The summed E-state index contributed by atoms with van der Waals surface area (Å²) in [5, 5.41) is 0. The summed E-state index contributed by atoms with van der Waals surface area (Å²) in [6.07, 6.45) is -1.16. The zero-order valence-corrected chi connectivity index (χ0v) is 8.52. The molecule has 0 bridgehead atoms. The molecule has 1 aromatic rings. The van der Waals surface area contributed by atoms with Gasteiger partial charge in [0.1, 0.15) is 12.0 Å². The van der Waals surface area contributed by atoms with Gasteiger partial charge < -0.3 is 5.73 Å². The van der Waals surface area contributed by atoms with Gasteiger partial charge in [-0.15, -0.1) is 0 Å². The Labute approximate surface area is 84.1 Å². The van der Waals surface area contributed by atoms with Gasteiger partial charge in [0, 0.05) is 10.0 Å². The van der Waals surface area contributed by atoms with Gasteiger partial charge in [-0.3, -0.25) is 0 Å². The summed E-state index contributed by atoms with van der Waals surface area (Å²) in [6.45, 7) is 0.219. The molecule has 0 aliphatic heterocycles. The number of alkyl halides is 1. The molecule has 0 saturated carbocycles. The molecule has 72 valence electrons. The van der Waals surface area contributed by atoms with Gasteiger partial charge in [-0.25, -0.2) is 8.78 Å². The molecule has 2 N–H and O–H groups in total. The molecule has 0 amide bonds. The highest BCUT2D eigenvalue weighted by Crippen LogP contribution is 2.25. The van der Waals surface area contributed by atoms with E-state index in [-0.39, 0.29) is 18.5 Å². The van der Waals surface area contributed by atoms with Crippen LogP contribution in [0.4, 0.5) is 8.78 Å². The maximum absolute atomic E-state index is 13.2. The minimum absolute atomic E-state index is 0.0775. The second kappa shape index (κ2) is 4.67. The molecule has 1 rings (SSSR count). The van der Waals surface area contributed by atoms with E-state index in [1.54, 1.807) is 6.07 Å². The zero-order chi connectivity index (χ0) is 9.84. The predicted octanol–water partition coefficient (Wildman–Crippen LogP) is 2.95. The van der Waals surface area contributed by atoms with Crippen molar-refractivity contribution in [3.8, 4) is 0 Å². The van der Waals surface area contributed by atoms with E-state index < -0.39 is 12.0 Å². The Hall–Kier alpha value is -0.480. The van der Waals surface area contributed by atoms with E-state index in [0.29, 0.717) is 4.47 Å². The Bertz CT molecular complexity index is 291. The molecular formula is C9H10BrF2N. The van der Waals surface area contributed by atoms with Crippen molar-refractivity contribution < 1.29 is 8.78 Å². The van der Waals surface area contributed by atoms with Crippen LogP contribution >= 0.6 is 15.9 Å².